The lowest BCUT2D eigenvalue weighted by Crippen LogP contribution is -2.20. The number of hydrogen-bond donors (Lipinski definition) is 1. The van der Waals surface area contributed by atoms with Crippen molar-refractivity contribution in [3.63, 3.8) is 0 Å². The fraction of sp³-hybridized carbons (Fsp3) is 0.583. The average molecular weight is 220 g/mol. The van der Waals surface area contributed by atoms with Gasteiger partial charge in [0.2, 0.25) is 0 Å². The Hall–Kier alpha value is -1.45. The molecule has 1 aromatic heterocycles. The molecule has 0 amide bonds. The zero-order valence-electron chi connectivity index (χ0n) is 9.60. The molecule has 1 unspecified atom stereocenters. The van der Waals surface area contributed by atoms with Crippen LogP contribution in [-0.2, 0) is 11.2 Å². The molecule has 0 fully saturated rings. The number of carbonyl (C=O) groups is 1. The van der Waals surface area contributed by atoms with E-state index in [1.807, 2.05) is 13.8 Å². The maximum Gasteiger partial charge on any atom is 0.311 e. The van der Waals surface area contributed by atoms with Crippen molar-refractivity contribution < 1.29 is 9.90 Å². The predicted molar refractivity (Wildman–Crippen MR) is 59.4 cm³/mol. The van der Waals surface area contributed by atoms with Gasteiger partial charge in [-0.05, 0) is 19.3 Å². The molecule has 0 saturated heterocycles. The van der Waals surface area contributed by atoms with E-state index in [2.05, 4.69) is 9.97 Å². The molecular formula is C12H16N2O2. The second kappa shape index (κ2) is 4.20. The summed E-state index contributed by atoms with van der Waals surface area (Å²) in [6.45, 7) is 4.08. The Morgan fingerprint density at radius 1 is 1.56 bits per heavy atom. The van der Waals surface area contributed by atoms with E-state index in [9.17, 15) is 4.79 Å². The second-order valence-electron chi connectivity index (χ2n) is 4.57. The minimum atomic E-state index is -0.762. The van der Waals surface area contributed by atoms with Crippen molar-refractivity contribution >= 4 is 5.97 Å². The molecule has 4 heteroatoms. The van der Waals surface area contributed by atoms with Gasteiger partial charge in [-0.3, -0.25) is 4.79 Å². The topological polar surface area (TPSA) is 63.1 Å². The molecule has 0 saturated carbocycles. The fourth-order valence-corrected chi connectivity index (χ4v) is 2.10. The molecule has 0 bridgehead atoms. The zero-order valence-corrected chi connectivity index (χ0v) is 9.60. The molecule has 1 aliphatic rings. The summed E-state index contributed by atoms with van der Waals surface area (Å²) >= 11 is 0. The Balaban J connectivity index is 2.40. The normalized spacial score (nSPS) is 19.6. The molecule has 1 aromatic rings. The quantitative estimate of drug-likeness (QED) is 0.829. The van der Waals surface area contributed by atoms with Crippen LogP contribution in [0.4, 0.5) is 0 Å². The number of rotatable bonds is 2. The lowest BCUT2D eigenvalue weighted by atomic mass is 9.86. The van der Waals surface area contributed by atoms with Crippen LogP contribution in [0.25, 0.3) is 0 Å². The predicted octanol–water partition coefficient (Wildman–Crippen LogP) is 2.10. The number of fused-ring (bicyclic) bond motifs is 1. The van der Waals surface area contributed by atoms with E-state index in [1.54, 1.807) is 6.20 Å². The molecule has 2 rings (SSSR count). The van der Waals surface area contributed by atoms with Crippen molar-refractivity contribution in [1.82, 2.24) is 9.97 Å². The Bertz CT molecular complexity index is 415. The van der Waals surface area contributed by atoms with E-state index < -0.39 is 11.9 Å². The number of aromatic nitrogens is 2. The van der Waals surface area contributed by atoms with E-state index in [1.165, 1.54) is 0 Å². The fourth-order valence-electron chi connectivity index (χ4n) is 2.10. The molecule has 4 nitrogen and oxygen atoms in total. The summed E-state index contributed by atoms with van der Waals surface area (Å²) in [7, 11) is 0. The van der Waals surface area contributed by atoms with Crippen molar-refractivity contribution in [1.29, 1.82) is 0 Å². The molecular weight excluding hydrogens is 204 g/mol. The Morgan fingerprint density at radius 2 is 2.31 bits per heavy atom. The van der Waals surface area contributed by atoms with Gasteiger partial charge in [-0.2, -0.15) is 0 Å². The number of hydrogen-bond acceptors (Lipinski definition) is 3. The highest BCUT2D eigenvalue weighted by atomic mass is 16.4. The van der Waals surface area contributed by atoms with Crippen molar-refractivity contribution in [2.75, 3.05) is 0 Å². The third-order valence-electron chi connectivity index (χ3n) is 3.01. The molecule has 1 N–H and O–H groups in total. The molecule has 1 atom stereocenters. The van der Waals surface area contributed by atoms with Gasteiger partial charge in [0, 0.05) is 23.4 Å². The summed E-state index contributed by atoms with van der Waals surface area (Å²) < 4.78 is 0. The van der Waals surface area contributed by atoms with Crippen molar-refractivity contribution in [3.05, 3.63) is 23.3 Å². The minimum Gasteiger partial charge on any atom is -0.481 e. The number of nitrogens with zero attached hydrogens (tertiary/aromatic N) is 2. The molecule has 0 radical (unpaired) electrons. The summed E-state index contributed by atoms with van der Waals surface area (Å²) in [5.41, 5.74) is 1.74. The Morgan fingerprint density at radius 3 is 2.94 bits per heavy atom. The SMILES string of the molecule is CC(C)c1ncc2c(n1)CCCC2C(=O)O. The number of carboxylic acids is 1. The van der Waals surface area contributed by atoms with Crippen LogP contribution in [0.3, 0.4) is 0 Å². The lowest BCUT2D eigenvalue weighted by molar-refractivity contribution is -0.139. The molecule has 16 heavy (non-hydrogen) atoms. The second-order valence-corrected chi connectivity index (χ2v) is 4.57. The van der Waals surface area contributed by atoms with E-state index in [0.717, 1.165) is 29.9 Å². The van der Waals surface area contributed by atoms with E-state index in [4.69, 9.17) is 5.11 Å². The molecule has 1 aliphatic carbocycles. The Kier molecular flexibility index (Phi) is 2.90. The first kappa shape index (κ1) is 11.0. The van der Waals surface area contributed by atoms with Crippen LogP contribution in [-0.4, -0.2) is 21.0 Å². The van der Waals surface area contributed by atoms with Gasteiger partial charge in [0.05, 0.1) is 5.92 Å². The van der Waals surface area contributed by atoms with Crippen molar-refractivity contribution in [2.24, 2.45) is 0 Å². The van der Waals surface area contributed by atoms with Crippen molar-refractivity contribution in [2.45, 2.75) is 44.9 Å². The van der Waals surface area contributed by atoms with Gasteiger partial charge >= 0.3 is 5.97 Å². The highest BCUT2D eigenvalue weighted by Crippen LogP contribution is 2.30. The molecule has 0 aromatic carbocycles. The van der Waals surface area contributed by atoms with Crippen molar-refractivity contribution in [3.8, 4) is 0 Å². The Labute approximate surface area is 94.7 Å². The first-order valence-corrected chi connectivity index (χ1v) is 5.68. The van der Waals surface area contributed by atoms with Gasteiger partial charge < -0.3 is 5.11 Å². The summed E-state index contributed by atoms with van der Waals surface area (Å²) in [6, 6.07) is 0. The number of carboxylic acid groups (broad SMARTS) is 1. The molecule has 86 valence electrons. The average Bonchev–Trinajstić information content (AvgIpc) is 2.27. The van der Waals surface area contributed by atoms with Crippen LogP contribution in [0, 0.1) is 0 Å². The van der Waals surface area contributed by atoms with Gasteiger partial charge in [0.1, 0.15) is 5.82 Å². The summed E-state index contributed by atoms with van der Waals surface area (Å²) in [5.74, 6) is -0.0768. The summed E-state index contributed by atoms with van der Waals surface area (Å²) in [6.07, 6.45) is 4.18. The van der Waals surface area contributed by atoms with Gasteiger partial charge in [0.15, 0.2) is 0 Å². The van der Waals surface area contributed by atoms with Crippen LogP contribution in [0.2, 0.25) is 0 Å². The van der Waals surface area contributed by atoms with Crippen LogP contribution < -0.4 is 0 Å². The van der Waals surface area contributed by atoms with Crippen LogP contribution in [0.1, 0.15) is 55.6 Å². The van der Waals surface area contributed by atoms with Crippen LogP contribution >= 0.6 is 0 Å². The standard InChI is InChI=1S/C12H16N2O2/c1-7(2)11-13-6-9-8(12(15)16)4-3-5-10(9)14-11/h6-8H,3-5H2,1-2H3,(H,15,16). The van der Waals surface area contributed by atoms with Gasteiger partial charge in [0.25, 0.3) is 0 Å². The van der Waals surface area contributed by atoms with Gasteiger partial charge in [-0.25, -0.2) is 9.97 Å². The van der Waals surface area contributed by atoms with Gasteiger partial charge in [-0.1, -0.05) is 13.8 Å². The van der Waals surface area contributed by atoms with Crippen LogP contribution in [0.5, 0.6) is 0 Å². The zero-order chi connectivity index (χ0) is 11.7. The molecule has 1 heterocycles. The van der Waals surface area contributed by atoms with E-state index in [0.29, 0.717) is 6.42 Å². The maximum atomic E-state index is 11.1. The highest BCUT2D eigenvalue weighted by Gasteiger charge is 2.27. The highest BCUT2D eigenvalue weighted by molar-refractivity contribution is 5.76. The van der Waals surface area contributed by atoms with Gasteiger partial charge in [-0.15, -0.1) is 0 Å². The summed E-state index contributed by atoms with van der Waals surface area (Å²) in [4.78, 5) is 19.8. The lowest BCUT2D eigenvalue weighted by Gasteiger charge is -2.21. The smallest absolute Gasteiger partial charge is 0.311 e. The summed E-state index contributed by atoms with van der Waals surface area (Å²) in [5, 5.41) is 9.11. The third kappa shape index (κ3) is 1.92. The molecule has 0 aliphatic heterocycles. The monoisotopic (exact) mass is 220 g/mol. The third-order valence-corrected chi connectivity index (χ3v) is 3.01. The van der Waals surface area contributed by atoms with Crippen LogP contribution in [0.15, 0.2) is 6.20 Å². The molecule has 0 spiro atoms. The first-order chi connectivity index (χ1) is 7.59. The minimum absolute atomic E-state index is 0.288. The first-order valence-electron chi connectivity index (χ1n) is 5.68. The van der Waals surface area contributed by atoms with E-state index in [-0.39, 0.29) is 5.92 Å². The maximum absolute atomic E-state index is 11.1. The largest absolute Gasteiger partial charge is 0.481 e. The van der Waals surface area contributed by atoms with E-state index >= 15 is 0 Å². The number of aryl methyl sites for hydroxylation is 1. The number of aliphatic carboxylic acids is 1.